The zero-order chi connectivity index (χ0) is 18.6. The quantitative estimate of drug-likeness (QED) is 0.698. The van der Waals surface area contributed by atoms with E-state index in [2.05, 4.69) is 0 Å². The number of benzene rings is 2. The number of hydrogen-bond donors (Lipinski definition) is 0. The summed E-state index contributed by atoms with van der Waals surface area (Å²) in [7, 11) is 0. The van der Waals surface area contributed by atoms with Gasteiger partial charge < -0.3 is 14.5 Å². The molecule has 6 heteroatoms. The van der Waals surface area contributed by atoms with Crippen LogP contribution in [0.25, 0.3) is 10.8 Å². The van der Waals surface area contributed by atoms with Crippen molar-refractivity contribution in [2.24, 2.45) is 0 Å². The summed E-state index contributed by atoms with van der Waals surface area (Å²) in [5, 5.41) is 3.99. The maximum Gasteiger partial charge on any atom is 0.264 e. The van der Waals surface area contributed by atoms with Gasteiger partial charge in [-0.3, -0.25) is 9.59 Å². The summed E-state index contributed by atoms with van der Waals surface area (Å²) in [4.78, 5) is 29.2. The highest BCUT2D eigenvalue weighted by Gasteiger charge is 2.25. The van der Waals surface area contributed by atoms with E-state index in [1.165, 1.54) is 11.3 Å². The Morgan fingerprint density at radius 2 is 1.63 bits per heavy atom. The minimum absolute atomic E-state index is 0.00682. The molecule has 0 unspecified atom stereocenters. The third-order valence-electron chi connectivity index (χ3n) is 4.75. The molecule has 138 valence electrons. The molecule has 0 spiro atoms. The highest BCUT2D eigenvalue weighted by Crippen LogP contribution is 2.25. The first-order chi connectivity index (χ1) is 13.2. The van der Waals surface area contributed by atoms with Crippen molar-refractivity contribution in [1.82, 2.24) is 9.80 Å². The summed E-state index contributed by atoms with van der Waals surface area (Å²) < 4.78 is 5.80. The number of carbonyl (C=O) groups excluding carboxylic acids is 2. The summed E-state index contributed by atoms with van der Waals surface area (Å²) in [5.41, 5.74) is 0. The molecule has 1 saturated heterocycles. The van der Waals surface area contributed by atoms with Crippen LogP contribution in [0.4, 0.5) is 0 Å². The summed E-state index contributed by atoms with van der Waals surface area (Å²) >= 11 is 1.45. The molecule has 2 heterocycles. The highest BCUT2D eigenvalue weighted by atomic mass is 32.1. The van der Waals surface area contributed by atoms with Gasteiger partial charge in [0.2, 0.25) is 0 Å². The third kappa shape index (κ3) is 3.80. The lowest BCUT2D eigenvalue weighted by molar-refractivity contribution is -0.134. The van der Waals surface area contributed by atoms with Gasteiger partial charge in [0.25, 0.3) is 11.8 Å². The van der Waals surface area contributed by atoms with Crippen LogP contribution in [-0.2, 0) is 4.79 Å². The first-order valence-corrected chi connectivity index (χ1v) is 9.81. The van der Waals surface area contributed by atoms with Crippen LogP contribution in [0.15, 0.2) is 60.0 Å². The van der Waals surface area contributed by atoms with Crippen LogP contribution in [0.5, 0.6) is 5.75 Å². The Labute approximate surface area is 161 Å². The van der Waals surface area contributed by atoms with Crippen LogP contribution in [0.1, 0.15) is 9.67 Å². The fourth-order valence-corrected chi connectivity index (χ4v) is 3.96. The maximum absolute atomic E-state index is 12.5. The molecule has 0 N–H and O–H groups in total. The monoisotopic (exact) mass is 380 g/mol. The molecular weight excluding hydrogens is 360 g/mol. The fourth-order valence-electron chi connectivity index (χ4n) is 3.27. The Morgan fingerprint density at radius 1 is 0.889 bits per heavy atom. The number of hydrogen-bond acceptors (Lipinski definition) is 4. The Bertz CT molecular complexity index is 942. The van der Waals surface area contributed by atoms with Crippen LogP contribution in [0.3, 0.4) is 0 Å². The molecule has 27 heavy (non-hydrogen) atoms. The number of fused-ring (bicyclic) bond motifs is 1. The number of nitrogens with zero attached hydrogens (tertiary/aromatic N) is 2. The number of carbonyl (C=O) groups is 2. The smallest absolute Gasteiger partial charge is 0.264 e. The number of ether oxygens (including phenoxy) is 1. The second-order valence-electron chi connectivity index (χ2n) is 6.42. The van der Waals surface area contributed by atoms with Crippen molar-refractivity contribution in [1.29, 1.82) is 0 Å². The topological polar surface area (TPSA) is 49.9 Å². The van der Waals surface area contributed by atoms with Crippen molar-refractivity contribution in [3.63, 3.8) is 0 Å². The number of piperazine rings is 1. The van der Waals surface area contributed by atoms with Crippen LogP contribution in [0.2, 0.25) is 0 Å². The normalized spacial score (nSPS) is 14.4. The molecule has 1 aromatic heterocycles. The Morgan fingerprint density at radius 3 is 2.41 bits per heavy atom. The van der Waals surface area contributed by atoms with Gasteiger partial charge in [0.15, 0.2) is 6.61 Å². The SMILES string of the molecule is O=C(COc1cccc2ccccc12)N1CCN(C(=O)c2cccs2)CC1. The summed E-state index contributed by atoms with van der Waals surface area (Å²) in [5.74, 6) is 0.711. The predicted octanol–water partition coefficient (Wildman–Crippen LogP) is 3.26. The Kier molecular flexibility index (Phi) is 5.07. The molecule has 2 amide bonds. The van der Waals surface area contributed by atoms with Gasteiger partial charge in [-0.1, -0.05) is 42.5 Å². The van der Waals surface area contributed by atoms with Gasteiger partial charge in [0, 0.05) is 31.6 Å². The van der Waals surface area contributed by atoms with Crippen LogP contribution < -0.4 is 4.74 Å². The largest absolute Gasteiger partial charge is 0.483 e. The number of rotatable bonds is 4. The molecule has 0 saturated carbocycles. The molecular formula is C21H20N2O3S. The van der Waals surface area contributed by atoms with E-state index in [0.717, 1.165) is 15.6 Å². The van der Waals surface area contributed by atoms with Gasteiger partial charge in [-0.05, 0) is 22.9 Å². The van der Waals surface area contributed by atoms with Gasteiger partial charge in [0.05, 0.1) is 4.88 Å². The molecule has 3 aromatic rings. The van der Waals surface area contributed by atoms with E-state index >= 15 is 0 Å². The van der Waals surface area contributed by atoms with Crippen molar-refractivity contribution in [2.45, 2.75) is 0 Å². The first kappa shape index (κ1) is 17.5. The van der Waals surface area contributed by atoms with E-state index in [1.54, 1.807) is 9.80 Å². The summed E-state index contributed by atoms with van der Waals surface area (Å²) in [6.07, 6.45) is 0. The van der Waals surface area contributed by atoms with Gasteiger partial charge in [-0.25, -0.2) is 0 Å². The van der Waals surface area contributed by atoms with Crippen LogP contribution in [-0.4, -0.2) is 54.4 Å². The molecule has 1 fully saturated rings. The minimum atomic E-state index is -0.0499. The highest BCUT2D eigenvalue weighted by molar-refractivity contribution is 7.12. The molecule has 1 aliphatic rings. The van der Waals surface area contributed by atoms with E-state index in [0.29, 0.717) is 31.9 Å². The van der Waals surface area contributed by atoms with Crippen LogP contribution in [0, 0.1) is 0 Å². The molecule has 0 radical (unpaired) electrons. The molecule has 1 aliphatic heterocycles. The second kappa shape index (κ2) is 7.80. The van der Waals surface area contributed by atoms with E-state index in [9.17, 15) is 9.59 Å². The molecule has 0 bridgehead atoms. The van der Waals surface area contributed by atoms with Gasteiger partial charge in [0.1, 0.15) is 5.75 Å². The molecule has 4 rings (SSSR count). The second-order valence-corrected chi connectivity index (χ2v) is 7.36. The molecule has 5 nitrogen and oxygen atoms in total. The third-order valence-corrected chi connectivity index (χ3v) is 5.61. The first-order valence-electron chi connectivity index (χ1n) is 8.93. The van der Waals surface area contributed by atoms with Gasteiger partial charge in [-0.15, -0.1) is 11.3 Å². The summed E-state index contributed by atoms with van der Waals surface area (Å²) in [6, 6.07) is 17.5. The zero-order valence-electron chi connectivity index (χ0n) is 14.8. The van der Waals surface area contributed by atoms with E-state index in [-0.39, 0.29) is 18.4 Å². The summed E-state index contributed by atoms with van der Waals surface area (Å²) in [6.45, 7) is 2.18. The lowest BCUT2D eigenvalue weighted by Gasteiger charge is -2.34. The Hall–Kier alpha value is -2.86. The Balaban J connectivity index is 1.33. The predicted molar refractivity (Wildman–Crippen MR) is 106 cm³/mol. The average Bonchev–Trinajstić information content (AvgIpc) is 3.26. The van der Waals surface area contributed by atoms with Crippen molar-refractivity contribution >= 4 is 33.9 Å². The van der Waals surface area contributed by atoms with Crippen LogP contribution >= 0.6 is 11.3 Å². The minimum Gasteiger partial charge on any atom is -0.483 e. The van der Waals surface area contributed by atoms with E-state index < -0.39 is 0 Å². The maximum atomic E-state index is 12.5. The van der Waals surface area contributed by atoms with Crippen molar-refractivity contribution in [2.75, 3.05) is 32.8 Å². The lowest BCUT2D eigenvalue weighted by atomic mass is 10.1. The van der Waals surface area contributed by atoms with Crippen molar-refractivity contribution in [3.05, 3.63) is 64.9 Å². The van der Waals surface area contributed by atoms with Crippen molar-refractivity contribution < 1.29 is 14.3 Å². The molecule has 2 aromatic carbocycles. The lowest BCUT2D eigenvalue weighted by Crippen LogP contribution is -2.51. The number of amides is 2. The molecule has 0 aliphatic carbocycles. The fraction of sp³-hybridized carbons (Fsp3) is 0.238. The van der Waals surface area contributed by atoms with Gasteiger partial charge in [-0.2, -0.15) is 0 Å². The van der Waals surface area contributed by atoms with E-state index in [4.69, 9.17) is 4.74 Å². The standard InChI is InChI=1S/C21H20N2O3S/c24-20(15-26-18-8-3-6-16-5-1-2-7-17(16)18)22-10-12-23(13-11-22)21(25)19-9-4-14-27-19/h1-9,14H,10-13,15H2. The van der Waals surface area contributed by atoms with Crippen molar-refractivity contribution in [3.8, 4) is 5.75 Å². The van der Waals surface area contributed by atoms with Gasteiger partial charge >= 0.3 is 0 Å². The number of thiophene rings is 1. The zero-order valence-corrected chi connectivity index (χ0v) is 15.7. The average molecular weight is 380 g/mol. The molecule has 0 atom stereocenters. The van der Waals surface area contributed by atoms with E-state index in [1.807, 2.05) is 60.0 Å².